The molecular formula is C14H10N2O3. The number of anilines is 1. The summed E-state index contributed by atoms with van der Waals surface area (Å²) in [6, 6.07) is 12.8. The predicted octanol–water partition coefficient (Wildman–Crippen LogP) is 2.63. The summed E-state index contributed by atoms with van der Waals surface area (Å²) in [6.45, 7) is 0. The Kier molecular flexibility index (Phi) is 3.35. The van der Waals surface area contributed by atoms with E-state index in [-0.39, 0.29) is 11.3 Å². The number of benzene rings is 2. The number of nitrogen functional groups attached to an aromatic ring is 1. The second-order valence-electron chi connectivity index (χ2n) is 3.80. The highest BCUT2D eigenvalue weighted by Crippen LogP contribution is 2.28. The number of carboxylic acids is 1. The van der Waals surface area contributed by atoms with E-state index in [1.54, 1.807) is 24.3 Å². The average molecular weight is 254 g/mol. The SMILES string of the molecule is N#Cc1ccc(Oc2ccc(C(=O)O)cc2N)cc1. The number of rotatable bonds is 3. The van der Waals surface area contributed by atoms with Crippen molar-refractivity contribution in [2.24, 2.45) is 0 Å². The Balaban J connectivity index is 2.23. The number of hydrogen-bond acceptors (Lipinski definition) is 4. The van der Waals surface area contributed by atoms with Crippen molar-refractivity contribution in [1.29, 1.82) is 5.26 Å². The fourth-order valence-electron chi connectivity index (χ4n) is 1.50. The van der Waals surface area contributed by atoms with Gasteiger partial charge in [-0.05, 0) is 42.5 Å². The highest BCUT2D eigenvalue weighted by molar-refractivity contribution is 5.89. The van der Waals surface area contributed by atoms with Crippen molar-refractivity contribution in [1.82, 2.24) is 0 Å². The van der Waals surface area contributed by atoms with Gasteiger partial charge in [-0.3, -0.25) is 0 Å². The first kappa shape index (κ1) is 12.5. The lowest BCUT2D eigenvalue weighted by molar-refractivity contribution is 0.0697. The van der Waals surface area contributed by atoms with Crippen LogP contribution in [0.2, 0.25) is 0 Å². The molecule has 0 amide bonds. The quantitative estimate of drug-likeness (QED) is 0.820. The topological polar surface area (TPSA) is 96.3 Å². The molecule has 0 spiro atoms. The zero-order valence-corrected chi connectivity index (χ0v) is 9.83. The molecule has 2 rings (SSSR count). The van der Waals surface area contributed by atoms with Crippen molar-refractivity contribution in [3.05, 3.63) is 53.6 Å². The van der Waals surface area contributed by atoms with Crippen molar-refractivity contribution < 1.29 is 14.6 Å². The van der Waals surface area contributed by atoms with Crippen LogP contribution in [0.4, 0.5) is 5.69 Å². The summed E-state index contributed by atoms with van der Waals surface area (Å²) in [5, 5.41) is 17.5. The van der Waals surface area contributed by atoms with E-state index in [0.717, 1.165) is 0 Å². The van der Waals surface area contributed by atoms with Crippen molar-refractivity contribution in [3.8, 4) is 17.6 Å². The monoisotopic (exact) mass is 254 g/mol. The molecular weight excluding hydrogens is 244 g/mol. The molecule has 0 atom stereocenters. The van der Waals surface area contributed by atoms with Gasteiger partial charge in [0.15, 0.2) is 0 Å². The first-order valence-electron chi connectivity index (χ1n) is 5.41. The molecule has 5 nitrogen and oxygen atoms in total. The number of nitrogens with two attached hydrogens (primary N) is 1. The van der Waals surface area contributed by atoms with Crippen LogP contribution < -0.4 is 10.5 Å². The maximum Gasteiger partial charge on any atom is 0.335 e. The number of hydrogen-bond donors (Lipinski definition) is 2. The molecule has 0 aliphatic heterocycles. The van der Waals surface area contributed by atoms with Gasteiger partial charge < -0.3 is 15.6 Å². The minimum Gasteiger partial charge on any atom is -0.478 e. The van der Waals surface area contributed by atoms with Gasteiger partial charge in [0, 0.05) is 0 Å². The summed E-state index contributed by atoms with van der Waals surface area (Å²) >= 11 is 0. The molecule has 0 aliphatic carbocycles. The number of carboxylic acid groups (broad SMARTS) is 1. The van der Waals surface area contributed by atoms with Gasteiger partial charge in [-0.25, -0.2) is 4.79 Å². The lowest BCUT2D eigenvalue weighted by Gasteiger charge is -2.08. The van der Waals surface area contributed by atoms with Crippen LogP contribution in [-0.2, 0) is 0 Å². The van der Waals surface area contributed by atoms with E-state index in [0.29, 0.717) is 17.1 Å². The molecule has 0 aliphatic rings. The van der Waals surface area contributed by atoms with Crippen LogP contribution in [-0.4, -0.2) is 11.1 Å². The summed E-state index contributed by atoms with van der Waals surface area (Å²) in [5.74, 6) is -0.153. The first-order valence-corrected chi connectivity index (χ1v) is 5.41. The number of ether oxygens (including phenoxy) is 1. The standard InChI is InChI=1S/C14H10N2O3/c15-8-9-1-4-11(5-2-9)19-13-6-3-10(14(17)18)7-12(13)16/h1-7H,16H2,(H,17,18). The molecule has 2 aromatic carbocycles. The lowest BCUT2D eigenvalue weighted by Crippen LogP contribution is -1.99. The fraction of sp³-hybridized carbons (Fsp3) is 0. The van der Waals surface area contributed by atoms with Crippen molar-refractivity contribution >= 4 is 11.7 Å². The molecule has 3 N–H and O–H groups in total. The van der Waals surface area contributed by atoms with Gasteiger partial charge in [0.1, 0.15) is 11.5 Å². The molecule has 0 saturated carbocycles. The number of carbonyl (C=O) groups is 1. The number of aromatic carboxylic acids is 1. The van der Waals surface area contributed by atoms with E-state index < -0.39 is 5.97 Å². The Bertz CT molecular complexity index is 657. The van der Waals surface area contributed by atoms with E-state index in [1.807, 2.05) is 6.07 Å². The molecule has 2 aromatic rings. The molecule has 0 radical (unpaired) electrons. The highest BCUT2D eigenvalue weighted by Gasteiger charge is 2.07. The van der Waals surface area contributed by atoms with Gasteiger partial charge in [0.05, 0.1) is 22.9 Å². The second-order valence-corrected chi connectivity index (χ2v) is 3.80. The third kappa shape index (κ3) is 2.82. The van der Waals surface area contributed by atoms with Crippen LogP contribution in [0.25, 0.3) is 0 Å². The average Bonchev–Trinajstić information content (AvgIpc) is 2.41. The Morgan fingerprint density at radius 2 is 1.89 bits per heavy atom. The number of nitrogens with zero attached hydrogens (tertiary/aromatic N) is 1. The zero-order valence-electron chi connectivity index (χ0n) is 9.83. The van der Waals surface area contributed by atoms with Crippen LogP contribution in [0.1, 0.15) is 15.9 Å². The first-order chi connectivity index (χ1) is 9.10. The summed E-state index contributed by atoms with van der Waals surface area (Å²) in [6.07, 6.45) is 0. The molecule has 0 bridgehead atoms. The Morgan fingerprint density at radius 1 is 1.21 bits per heavy atom. The molecule has 0 heterocycles. The van der Waals surface area contributed by atoms with E-state index in [1.165, 1.54) is 18.2 Å². The Morgan fingerprint density at radius 3 is 2.42 bits per heavy atom. The third-order valence-corrected chi connectivity index (χ3v) is 2.47. The lowest BCUT2D eigenvalue weighted by atomic mass is 10.2. The highest BCUT2D eigenvalue weighted by atomic mass is 16.5. The zero-order chi connectivity index (χ0) is 13.8. The van der Waals surface area contributed by atoms with Crippen molar-refractivity contribution in [2.75, 3.05) is 5.73 Å². The molecule has 5 heteroatoms. The third-order valence-electron chi connectivity index (χ3n) is 2.47. The van der Waals surface area contributed by atoms with Crippen molar-refractivity contribution in [3.63, 3.8) is 0 Å². The largest absolute Gasteiger partial charge is 0.478 e. The maximum absolute atomic E-state index is 10.8. The van der Waals surface area contributed by atoms with E-state index in [2.05, 4.69) is 0 Å². The van der Waals surface area contributed by atoms with Gasteiger partial charge in [0.2, 0.25) is 0 Å². The predicted molar refractivity (Wildman–Crippen MR) is 69.0 cm³/mol. The van der Waals surface area contributed by atoms with Gasteiger partial charge in [-0.2, -0.15) is 5.26 Å². The second kappa shape index (κ2) is 5.10. The van der Waals surface area contributed by atoms with Crippen LogP contribution in [0, 0.1) is 11.3 Å². The van der Waals surface area contributed by atoms with Crippen LogP contribution in [0.15, 0.2) is 42.5 Å². The van der Waals surface area contributed by atoms with Crippen LogP contribution in [0.5, 0.6) is 11.5 Å². The van der Waals surface area contributed by atoms with Gasteiger partial charge in [-0.1, -0.05) is 0 Å². The molecule has 0 aromatic heterocycles. The minimum absolute atomic E-state index is 0.102. The molecule has 19 heavy (non-hydrogen) atoms. The molecule has 0 saturated heterocycles. The Labute approximate surface area is 109 Å². The summed E-state index contributed by atoms with van der Waals surface area (Å²) in [5.41, 5.74) is 6.59. The maximum atomic E-state index is 10.8. The summed E-state index contributed by atoms with van der Waals surface area (Å²) < 4.78 is 5.52. The van der Waals surface area contributed by atoms with Crippen LogP contribution >= 0.6 is 0 Å². The summed E-state index contributed by atoms with van der Waals surface area (Å²) in [4.78, 5) is 10.8. The van der Waals surface area contributed by atoms with E-state index in [9.17, 15) is 4.79 Å². The molecule has 0 unspecified atom stereocenters. The van der Waals surface area contributed by atoms with Crippen LogP contribution in [0.3, 0.4) is 0 Å². The van der Waals surface area contributed by atoms with Gasteiger partial charge in [0.25, 0.3) is 0 Å². The fourth-order valence-corrected chi connectivity index (χ4v) is 1.50. The summed E-state index contributed by atoms with van der Waals surface area (Å²) in [7, 11) is 0. The van der Waals surface area contributed by atoms with Gasteiger partial charge in [-0.15, -0.1) is 0 Å². The van der Waals surface area contributed by atoms with Crippen molar-refractivity contribution in [2.45, 2.75) is 0 Å². The van der Waals surface area contributed by atoms with Gasteiger partial charge >= 0.3 is 5.97 Å². The van der Waals surface area contributed by atoms with E-state index >= 15 is 0 Å². The Hall–Kier alpha value is -3.00. The number of nitriles is 1. The smallest absolute Gasteiger partial charge is 0.335 e. The normalized spacial score (nSPS) is 9.63. The minimum atomic E-state index is -1.04. The molecule has 0 fully saturated rings. The van der Waals surface area contributed by atoms with E-state index in [4.69, 9.17) is 20.8 Å². The molecule has 94 valence electrons.